The van der Waals surface area contributed by atoms with E-state index in [2.05, 4.69) is 38.3 Å². The Balaban J connectivity index is 2.24. The molecule has 0 aromatic heterocycles. The molecule has 1 aliphatic rings. The minimum atomic E-state index is 0.126. The third kappa shape index (κ3) is 3.48. The van der Waals surface area contributed by atoms with Gasteiger partial charge in [-0.25, -0.2) is 0 Å². The van der Waals surface area contributed by atoms with Crippen molar-refractivity contribution < 1.29 is 4.79 Å². The number of nitrogens with one attached hydrogen (secondary N) is 2. The highest BCUT2D eigenvalue weighted by molar-refractivity contribution is 5.78. The van der Waals surface area contributed by atoms with Crippen LogP contribution in [0.5, 0.6) is 0 Å². The van der Waals surface area contributed by atoms with Crippen molar-refractivity contribution in [2.75, 3.05) is 6.54 Å². The van der Waals surface area contributed by atoms with E-state index in [1.807, 2.05) is 0 Å². The Morgan fingerprint density at radius 3 is 2.31 bits per heavy atom. The van der Waals surface area contributed by atoms with E-state index in [-0.39, 0.29) is 17.5 Å². The maximum absolute atomic E-state index is 11.7. The summed E-state index contributed by atoms with van der Waals surface area (Å²) in [6.07, 6.45) is 4.86. The molecule has 2 N–H and O–H groups in total. The van der Waals surface area contributed by atoms with Crippen LogP contribution in [0.2, 0.25) is 0 Å². The molecule has 0 aliphatic heterocycles. The lowest BCUT2D eigenvalue weighted by atomic mass is 9.75. The highest BCUT2D eigenvalue weighted by atomic mass is 16.2. The highest BCUT2D eigenvalue weighted by Crippen LogP contribution is 2.34. The quantitative estimate of drug-likeness (QED) is 0.728. The SMILES string of the molecule is CCC1(NCC(=O)NC(C)C(C)C)CCC1. The van der Waals surface area contributed by atoms with Crippen LogP contribution >= 0.6 is 0 Å². The van der Waals surface area contributed by atoms with Gasteiger partial charge in [0, 0.05) is 11.6 Å². The largest absolute Gasteiger partial charge is 0.352 e. The van der Waals surface area contributed by atoms with Crippen LogP contribution in [-0.4, -0.2) is 24.0 Å². The molecular formula is C13H26N2O. The highest BCUT2D eigenvalue weighted by Gasteiger charge is 2.34. The van der Waals surface area contributed by atoms with Crippen molar-refractivity contribution in [1.29, 1.82) is 0 Å². The molecule has 3 nitrogen and oxygen atoms in total. The van der Waals surface area contributed by atoms with Crippen molar-refractivity contribution in [1.82, 2.24) is 10.6 Å². The predicted molar refractivity (Wildman–Crippen MR) is 67.3 cm³/mol. The lowest BCUT2D eigenvalue weighted by Crippen LogP contribution is -2.54. The first-order chi connectivity index (χ1) is 7.49. The van der Waals surface area contributed by atoms with Gasteiger partial charge in [0.1, 0.15) is 0 Å². The second-order valence-electron chi connectivity index (χ2n) is 5.44. The third-order valence-corrected chi connectivity index (χ3v) is 4.00. The van der Waals surface area contributed by atoms with Gasteiger partial charge in [-0.15, -0.1) is 0 Å². The molecule has 1 rings (SSSR count). The number of hydrogen-bond donors (Lipinski definition) is 2. The van der Waals surface area contributed by atoms with Crippen LogP contribution in [0.1, 0.15) is 53.4 Å². The van der Waals surface area contributed by atoms with Crippen molar-refractivity contribution in [2.24, 2.45) is 5.92 Å². The minimum Gasteiger partial charge on any atom is -0.352 e. The van der Waals surface area contributed by atoms with Crippen molar-refractivity contribution in [3.63, 3.8) is 0 Å². The van der Waals surface area contributed by atoms with E-state index >= 15 is 0 Å². The molecule has 0 radical (unpaired) electrons. The van der Waals surface area contributed by atoms with Crippen LogP contribution in [-0.2, 0) is 4.79 Å². The normalized spacial score (nSPS) is 20.3. The van der Waals surface area contributed by atoms with Gasteiger partial charge >= 0.3 is 0 Å². The van der Waals surface area contributed by atoms with Crippen molar-refractivity contribution >= 4 is 5.91 Å². The monoisotopic (exact) mass is 226 g/mol. The summed E-state index contributed by atoms with van der Waals surface area (Å²) in [7, 11) is 0. The van der Waals surface area contributed by atoms with Gasteiger partial charge in [0.15, 0.2) is 0 Å². The summed E-state index contributed by atoms with van der Waals surface area (Å²) in [5.41, 5.74) is 0.262. The van der Waals surface area contributed by atoms with Gasteiger partial charge in [-0.3, -0.25) is 4.79 Å². The molecule has 0 aromatic rings. The first kappa shape index (κ1) is 13.5. The van der Waals surface area contributed by atoms with Crippen LogP contribution in [0.4, 0.5) is 0 Å². The van der Waals surface area contributed by atoms with Crippen molar-refractivity contribution in [2.45, 2.75) is 65.0 Å². The molecule has 0 aromatic carbocycles. The van der Waals surface area contributed by atoms with E-state index in [9.17, 15) is 4.79 Å². The van der Waals surface area contributed by atoms with Gasteiger partial charge in [-0.05, 0) is 38.5 Å². The van der Waals surface area contributed by atoms with E-state index in [4.69, 9.17) is 0 Å². The smallest absolute Gasteiger partial charge is 0.234 e. The molecule has 0 saturated heterocycles. The Kier molecular flexibility index (Phi) is 4.78. The summed E-state index contributed by atoms with van der Waals surface area (Å²) < 4.78 is 0. The summed E-state index contributed by atoms with van der Waals surface area (Å²) in [4.78, 5) is 11.7. The number of hydrogen-bond acceptors (Lipinski definition) is 2. The van der Waals surface area contributed by atoms with E-state index < -0.39 is 0 Å². The second-order valence-corrected chi connectivity index (χ2v) is 5.44. The van der Waals surface area contributed by atoms with E-state index in [0.29, 0.717) is 12.5 Å². The molecule has 0 spiro atoms. The molecule has 1 unspecified atom stereocenters. The Morgan fingerprint density at radius 2 is 1.94 bits per heavy atom. The molecule has 1 saturated carbocycles. The number of amides is 1. The van der Waals surface area contributed by atoms with Crippen LogP contribution in [0.25, 0.3) is 0 Å². The maximum atomic E-state index is 11.7. The molecule has 1 fully saturated rings. The first-order valence-corrected chi connectivity index (χ1v) is 6.53. The van der Waals surface area contributed by atoms with Crippen molar-refractivity contribution in [3.8, 4) is 0 Å². The molecule has 1 amide bonds. The zero-order valence-electron chi connectivity index (χ0n) is 11.1. The van der Waals surface area contributed by atoms with Gasteiger partial charge in [0.05, 0.1) is 6.54 Å². The molecule has 94 valence electrons. The predicted octanol–water partition coefficient (Wildman–Crippen LogP) is 2.07. The molecule has 3 heteroatoms. The molecular weight excluding hydrogens is 200 g/mol. The maximum Gasteiger partial charge on any atom is 0.234 e. The first-order valence-electron chi connectivity index (χ1n) is 6.53. The standard InChI is InChI=1S/C13H26N2O/c1-5-13(7-6-8-13)14-9-12(16)15-11(4)10(2)3/h10-11,14H,5-9H2,1-4H3,(H,15,16). The fourth-order valence-electron chi connectivity index (χ4n) is 2.00. The number of carbonyl (C=O) groups is 1. The summed E-state index contributed by atoms with van der Waals surface area (Å²) in [5.74, 6) is 0.619. The van der Waals surface area contributed by atoms with Gasteiger partial charge in [-0.2, -0.15) is 0 Å². The van der Waals surface area contributed by atoms with E-state index in [1.165, 1.54) is 19.3 Å². The third-order valence-electron chi connectivity index (χ3n) is 4.00. The lowest BCUT2D eigenvalue weighted by Gasteiger charge is -2.42. The molecule has 1 aliphatic carbocycles. The summed E-state index contributed by atoms with van der Waals surface area (Å²) in [5, 5.41) is 6.44. The summed E-state index contributed by atoms with van der Waals surface area (Å²) in [6, 6.07) is 0.258. The zero-order valence-corrected chi connectivity index (χ0v) is 11.1. The van der Waals surface area contributed by atoms with E-state index in [0.717, 1.165) is 6.42 Å². The second kappa shape index (κ2) is 5.67. The van der Waals surface area contributed by atoms with Crippen LogP contribution in [0.3, 0.4) is 0 Å². The van der Waals surface area contributed by atoms with E-state index in [1.54, 1.807) is 0 Å². The molecule has 16 heavy (non-hydrogen) atoms. The van der Waals surface area contributed by atoms with Gasteiger partial charge in [-0.1, -0.05) is 20.8 Å². The van der Waals surface area contributed by atoms with Gasteiger partial charge < -0.3 is 10.6 Å². The Morgan fingerprint density at radius 1 is 1.31 bits per heavy atom. The molecule has 1 atom stereocenters. The summed E-state index contributed by atoms with van der Waals surface area (Å²) >= 11 is 0. The Labute approximate surface area is 99.4 Å². The molecule has 0 heterocycles. The molecule has 0 bridgehead atoms. The average molecular weight is 226 g/mol. The van der Waals surface area contributed by atoms with Crippen LogP contribution in [0, 0.1) is 5.92 Å². The fourth-order valence-corrected chi connectivity index (χ4v) is 2.00. The Bertz CT molecular complexity index is 229. The van der Waals surface area contributed by atoms with Crippen LogP contribution < -0.4 is 10.6 Å². The fraction of sp³-hybridized carbons (Fsp3) is 0.923. The van der Waals surface area contributed by atoms with Gasteiger partial charge in [0.2, 0.25) is 5.91 Å². The minimum absolute atomic E-state index is 0.126. The van der Waals surface area contributed by atoms with Gasteiger partial charge in [0.25, 0.3) is 0 Å². The van der Waals surface area contributed by atoms with Crippen LogP contribution in [0.15, 0.2) is 0 Å². The average Bonchev–Trinajstić information content (AvgIpc) is 2.16. The lowest BCUT2D eigenvalue weighted by molar-refractivity contribution is -0.121. The number of rotatable bonds is 6. The summed E-state index contributed by atoms with van der Waals surface area (Å²) in [6.45, 7) is 8.96. The number of carbonyl (C=O) groups excluding carboxylic acids is 1. The Hall–Kier alpha value is -0.570. The topological polar surface area (TPSA) is 41.1 Å². The van der Waals surface area contributed by atoms with Crippen molar-refractivity contribution in [3.05, 3.63) is 0 Å². The zero-order chi connectivity index (χ0) is 12.2.